The second-order valence-corrected chi connectivity index (χ2v) is 7.66. The predicted molar refractivity (Wildman–Crippen MR) is 86.4 cm³/mol. The topological polar surface area (TPSA) is 52.6 Å². The van der Waals surface area contributed by atoms with E-state index in [0.717, 1.165) is 32.1 Å². The number of rotatable bonds is 6. The first-order valence-corrected chi connectivity index (χ1v) is 8.55. The van der Waals surface area contributed by atoms with Gasteiger partial charge in [0.25, 0.3) is 0 Å². The molecule has 2 unspecified atom stereocenters. The van der Waals surface area contributed by atoms with Gasteiger partial charge in [0, 0.05) is 0 Å². The summed E-state index contributed by atoms with van der Waals surface area (Å²) < 4.78 is 11.2. The Hall–Kier alpha value is -1.06. The van der Waals surface area contributed by atoms with Crippen LogP contribution in [0.3, 0.4) is 0 Å². The lowest BCUT2D eigenvalue weighted by Gasteiger charge is -2.32. The first kappa shape index (κ1) is 19.0. The minimum absolute atomic E-state index is 0.151. The van der Waals surface area contributed by atoms with Crippen molar-refractivity contribution in [3.8, 4) is 0 Å². The molecule has 0 saturated heterocycles. The Labute approximate surface area is 134 Å². The lowest BCUT2D eigenvalue weighted by Crippen LogP contribution is -2.37. The molecule has 0 radical (unpaired) electrons. The Bertz CT molecular complexity index is 398. The summed E-state index contributed by atoms with van der Waals surface area (Å²) in [5.41, 5.74) is -0.886. The number of hydrogen-bond donors (Lipinski definition) is 0. The van der Waals surface area contributed by atoms with Crippen molar-refractivity contribution in [1.82, 2.24) is 0 Å². The summed E-state index contributed by atoms with van der Waals surface area (Å²) in [6.07, 6.45) is 4.52. The highest BCUT2D eigenvalue weighted by molar-refractivity contribution is 5.76. The molecule has 1 fully saturated rings. The van der Waals surface area contributed by atoms with Gasteiger partial charge in [0.1, 0.15) is 11.7 Å². The smallest absolute Gasteiger partial charge is 0.311 e. The minimum atomic E-state index is -0.461. The van der Waals surface area contributed by atoms with Gasteiger partial charge in [-0.05, 0) is 66.2 Å². The van der Waals surface area contributed by atoms with Gasteiger partial charge in [-0.1, -0.05) is 13.8 Å². The maximum Gasteiger partial charge on any atom is 0.311 e. The number of esters is 2. The van der Waals surface area contributed by atoms with E-state index < -0.39 is 11.0 Å². The van der Waals surface area contributed by atoms with E-state index in [1.165, 1.54) is 0 Å². The van der Waals surface area contributed by atoms with E-state index in [-0.39, 0.29) is 24.0 Å². The summed E-state index contributed by atoms with van der Waals surface area (Å²) in [5, 5.41) is 0. The second kappa shape index (κ2) is 7.47. The van der Waals surface area contributed by atoms with E-state index in [1.54, 1.807) is 0 Å². The molecule has 22 heavy (non-hydrogen) atoms. The molecule has 0 spiro atoms. The molecule has 1 saturated carbocycles. The second-order valence-electron chi connectivity index (χ2n) is 7.66. The molecule has 0 N–H and O–H groups in total. The molecule has 1 aliphatic rings. The van der Waals surface area contributed by atoms with Gasteiger partial charge in [-0.2, -0.15) is 0 Å². The molecule has 128 valence electrons. The third-order valence-corrected chi connectivity index (χ3v) is 4.90. The molecule has 0 aromatic carbocycles. The summed E-state index contributed by atoms with van der Waals surface area (Å²) >= 11 is 0. The molecule has 2 atom stereocenters. The van der Waals surface area contributed by atoms with Crippen LogP contribution in [-0.4, -0.2) is 23.6 Å². The fraction of sp³-hybridized carbons (Fsp3) is 0.889. The molecule has 4 nitrogen and oxygen atoms in total. The van der Waals surface area contributed by atoms with E-state index in [0.29, 0.717) is 6.42 Å². The summed E-state index contributed by atoms with van der Waals surface area (Å²) in [7, 11) is 0. The van der Waals surface area contributed by atoms with Crippen molar-refractivity contribution in [3.63, 3.8) is 0 Å². The van der Waals surface area contributed by atoms with Gasteiger partial charge in [0.2, 0.25) is 0 Å². The van der Waals surface area contributed by atoms with Crippen LogP contribution in [-0.2, 0) is 19.1 Å². The standard InChI is InChI=1S/C18H32O4/c1-7-17(3,4)16(20)21-14-11-9-10-13(12-14)15(19)22-18(5,6)8-2/h13-14H,7-12H2,1-6H3. The third kappa shape index (κ3) is 5.29. The van der Waals surface area contributed by atoms with Crippen LogP contribution in [0.2, 0.25) is 0 Å². The highest BCUT2D eigenvalue weighted by Crippen LogP contribution is 2.31. The molecule has 1 rings (SSSR count). The van der Waals surface area contributed by atoms with Crippen molar-refractivity contribution in [1.29, 1.82) is 0 Å². The zero-order valence-corrected chi connectivity index (χ0v) is 15.0. The summed E-state index contributed by atoms with van der Waals surface area (Å²) in [5.74, 6) is -0.465. The first-order chi connectivity index (χ1) is 10.1. The summed E-state index contributed by atoms with van der Waals surface area (Å²) in [4.78, 5) is 24.5. The van der Waals surface area contributed by atoms with Crippen LogP contribution in [0.5, 0.6) is 0 Å². The molecule has 1 aliphatic carbocycles. The van der Waals surface area contributed by atoms with Crippen molar-refractivity contribution in [3.05, 3.63) is 0 Å². The summed E-state index contributed by atoms with van der Waals surface area (Å²) in [6, 6.07) is 0. The molecule has 0 amide bonds. The van der Waals surface area contributed by atoms with Crippen molar-refractivity contribution in [2.45, 2.75) is 91.8 Å². The average molecular weight is 312 g/mol. The highest BCUT2D eigenvalue weighted by Gasteiger charge is 2.35. The van der Waals surface area contributed by atoms with E-state index in [9.17, 15) is 9.59 Å². The Balaban J connectivity index is 2.58. The minimum Gasteiger partial charge on any atom is -0.462 e. The number of carbonyl (C=O) groups is 2. The molecular formula is C18H32O4. The van der Waals surface area contributed by atoms with Crippen molar-refractivity contribution in [2.75, 3.05) is 0 Å². The van der Waals surface area contributed by atoms with Crippen molar-refractivity contribution >= 4 is 11.9 Å². The van der Waals surface area contributed by atoms with Crippen molar-refractivity contribution in [2.24, 2.45) is 11.3 Å². The Kier molecular flexibility index (Phi) is 6.45. The van der Waals surface area contributed by atoms with Gasteiger partial charge >= 0.3 is 11.9 Å². The SMILES string of the molecule is CCC(C)(C)OC(=O)C1CCCC(OC(=O)C(C)(C)CC)C1. The Morgan fingerprint density at radius 2 is 1.68 bits per heavy atom. The highest BCUT2D eigenvalue weighted by atomic mass is 16.6. The third-order valence-electron chi connectivity index (χ3n) is 4.90. The Morgan fingerprint density at radius 3 is 2.23 bits per heavy atom. The first-order valence-electron chi connectivity index (χ1n) is 8.55. The van der Waals surface area contributed by atoms with Gasteiger partial charge in [-0.15, -0.1) is 0 Å². The monoisotopic (exact) mass is 312 g/mol. The van der Waals surface area contributed by atoms with Gasteiger partial charge in [0.15, 0.2) is 0 Å². The van der Waals surface area contributed by atoms with Crippen LogP contribution in [0.15, 0.2) is 0 Å². The molecule has 0 aromatic rings. The fourth-order valence-corrected chi connectivity index (χ4v) is 2.35. The molecule has 0 aliphatic heterocycles. The lowest BCUT2D eigenvalue weighted by atomic mass is 9.86. The van der Waals surface area contributed by atoms with E-state index in [1.807, 2.05) is 41.5 Å². The van der Waals surface area contributed by atoms with Crippen LogP contribution in [0.1, 0.15) is 80.1 Å². The number of ether oxygens (including phenoxy) is 2. The Morgan fingerprint density at radius 1 is 1.05 bits per heavy atom. The zero-order chi connectivity index (χ0) is 17.0. The van der Waals surface area contributed by atoms with Gasteiger partial charge in [0.05, 0.1) is 11.3 Å². The van der Waals surface area contributed by atoms with Crippen molar-refractivity contribution < 1.29 is 19.1 Å². The molecule has 0 aromatic heterocycles. The van der Waals surface area contributed by atoms with Gasteiger partial charge < -0.3 is 9.47 Å². The average Bonchev–Trinajstić information content (AvgIpc) is 2.47. The summed E-state index contributed by atoms with van der Waals surface area (Å²) in [6.45, 7) is 11.6. The molecular weight excluding hydrogens is 280 g/mol. The van der Waals surface area contributed by atoms with Crippen LogP contribution in [0.4, 0.5) is 0 Å². The number of carbonyl (C=O) groups excluding carboxylic acids is 2. The molecule has 0 heterocycles. The zero-order valence-electron chi connectivity index (χ0n) is 15.0. The van der Waals surface area contributed by atoms with E-state index >= 15 is 0 Å². The van der Waals surface area contributed by atoms with E-state index in [2.05, 4.69) is 0 Å². The normalized spacial score (nSPS) is 23.0. The van der Waals surface area contributed by atoms with Gasteiger partial charge in [-0.25, -0.2) is 0 Å². The van der Waals surface area contributed by atoms with Crippen LogP contribution in [0.25, 0.3) is 0 Å². The number of hydrogen-bond acceptors (Lipinski definition) is 4. The fourth-order valence-electron chi connectivity index (χ4n) is 2.35. The van der Waals surface area contributed by atoms with Gasteiger partial charge in [-0.3, -0.25) is 9.59 Å². The van der Waals surface area contributed by atoms with Crippen LogP contribution < -0.4 is 0 Å². The van der Waals surface area contributed by atoms with Crippen LogP contribution >= 0.6 is 0 Å². The maximum absolute atomic E-state index is 12.3. The predicted octanol–water partition coefficient (Wildman–Crippen LogP) is 4.26. The largest absolute Gasteiger partial charge is 0.462 e. The lowest BCUT2D eigenvalue weighted by molar-refractivity contribution is -0.171. The quantitative estimate of drug-likeness (QED) is 0.688. The maximum atomic E-state index is 12.3. The molecule has 4 heteroatoms. The van der Waals surface area contributed by atoms with Crippen LogP contribution in [0, 0.1) is 11.3 Å². The van der Waals surface area contributed by atoms with E-state index in [4.69, 9.17) is 9.47 Å². The molecule has 0 bridgehead atoms.